The highest BCUT2D eigenvalue weighted by Crippen LogP contribution is 2.52. The van der Waals surface area contributed by atoms with Gasteiger partial charge >= 0.3 is 0 Å². The van der Waals surface area contributed by atoms with Gasteiger partial charge in [-0.2, -0.15) is 0 Å². The molecule has 136 valence electrons. The lowest BCUT2D eigenvalue weighted by Gasteiger charge is -2.21. The molecule has 0 bridgehead atoms. The molecule has 4 heteroatoms. The number of thioether (sulfide) groups is 2. The molecular weight excluding hydrogens is 358 g/mol. The van der Waals surface area contributed by atoms with Crippen LogP contribution < -0.4 is 0 Å². The number of fused-ring (bicyclic) bond motifs is 3. The molecule has 0 spiro atoms. The standard InChI is InChI=1S/C22H25NOS2/c1-23(2)11-5-12-24-15-18-10-9-16-6-3-8-19-20(22(16)26-18)14-17-7-4-13-25-21(17)19/h3-4,6-8,10,13H,5,9,11-12,14-15H2,1-2H3. The summed E-state index contributed by atoms with van der Waals surface area (Å²) in [6.07, 6.45) is 16.8. The van der Waals surface area contributed by atoms with Gasteiger partial charge < -0.3 is 9.64 Å². The topological polar surface area (TPSA) is 12.5 Å². The van der Waals surface area contributed by atoms with E-state index in [0.29, 0.717) is 0 Å². The van der Waals surface area contributed by atoms with Gasteiger partial charge in [-0.15, -0.1) is 0 Å². The second-order valence-corrected chi connectivity index (χ2v) is 9.16. The van der Waals surface area contributed by atoms with E-state index in [1.54, 1.807) is 0 Å². The van der Waals surface area contributed by atoms with Crippen LogP contribution in [0, 0.1) is 0 Å². The van der Waals surface area contributed by atoms with E-state index in [4.69, 9.17) is 4.74 Å². The summed E-state index contributed by atoms with van der Waals surface area (Å²) in [6, 6.07) is 0. The number of rotatable bonds is 6. The summed E-state index contributed by atoms with van der Waals surface area (Å²) >= 11 is 3.78. The van der Waals surface area contributed by atoms with E-state index in [9.17, 15) is 0 Å². The number of hydrogen-bond acceptors (Lipinski definition) is 4. The first kappa shape index (κ1) is 18.2. The van der Waals surface area contributed by atoms with Crippen molar-refractivity contribution >= 4 is 23.5 Å². The normalized spacial score (nSPS) is 21.3. The van der Waals surface area contributed by atoms with E-state index in [2.05, 4.69) is 60.9 Å². The Bertz CT molecular complexity index is 806. The highest BCUT2D eigenvalue weighted by atomic mass is 32.2. The first-order valence-corrected chi connectivity index (χ1v) is 10.9. The Hall–Kier alpha value is -1.20. The van der Waals surface area contributed by atoms with Gasteiger partial charge in [0.2, 0.25) is 0 Å². The van der Waals surface area contributed by atoms with Gasteiger partial charge in [0.05, 0.1) is 6.61 Å². The Balaban J connectivity index is 1.48. The zero-order valence-corrected chi connectivity index (χ0v) is 17.1. The van der Waals surface area contributed by atoms with Crippen LogP contribution in [0.15, 0.2) is 78.9 Å². The van der Waals surface area contributed by atoms with Crippen molar-refractivity contribution in [2.45, 2.75) is 19.3 Å². The van der Waals surface area contributed by atoms with Crippen LogP contribution in [0.1, 0.15) is 19.3 Å². The zero-order valence-electron chi connectivity index (χ0n) is 15.5. The van der Waals surface area contributed by atoms with Crippen LogP contribution in [-0.2, 0) is 4.74 Å². The molecule has 26 heavy (non-hydrogen) atoms. The van der Waals surface area contributed by atoms with Crippen LogP contribution in [0.2, 0.25) is 0 Å². The third-order valence-corrected chi connectivity index (χ3v) is 7.11. The van der Waals surface area contributed by atoms with Gasteiger partial charge in [0.25, 0.3) is 0 Å². The lowest BCUT2D eigenvalue weighted by Crippen LogP contribution is -2.15. The fourth-order valence-electron chi connectivity index (χ4n) is 3.55. The van der Waals surface area contributed by atoms with Crippen molar-refractivity contribution < 1.29 is 4.74 Å². The molecule has 0 unspecified atom stereocenters. The van der Waals surface area contributed by atoms with Crippen LogP contribution in [0.25, 0.3) is 0 Å². The molecule has 0 saturated heterocycles. The summed E-state index contributed by atoms with van der Waals surface area (Å²) < 4.78 is 5.93. The third-order valence-electron chi connectivity index (χ3n) is 4.84. The maximum Gasteiger partial charge on any atom is 0.0775 e. The van der Waals surface area contributed by atoms with Gasteiger partial charge in [-0.1, -0.05) is 60.0 Å². The van der Waals surface area contributed by atoms with E-state index >= 15 is 0 Å². The molecule has 2 nitrogen and oxygen atoms in total. The Labute approximate surface area is 165 Å². The van der Waals surface area contributed by atoms with Crippen molar-refractivity contribution in [2.24, 2.45) is 0 Å². The average molecular weight is 384 g/mol. The van der Waals surface area contributed by atoms with Crippen LogP contribution in [0.5, 0.6) is 0 Å². The quantitative estimate of drug-likeness (QED) is 0.556. The number of hydrogen-bond donors (Lipinski definition) is 0. The lowest BCUT2D eigenvalue weighted by atomic mass is 10.0. The van der Waals surface area contributed by atoms with Gasteiger partial charge in [-0.25, -0.2) is 0 Å². The minimum absolute atomic E-state index is 0.737. The molecule has 0 atom stereocenters. The Kier molecular flexibility index (Phi) is 5.75. The fraction of sp³-hybridized carbons (Fsp3) is 0.364. The smallest absolute Gasteiger partial charge is 0.0775 e. The maximum atomic E-state index is 5.93. The summed E-state index contributed by atoms with van der Waals surface area (Å²) in [4.78, 5) is 6.46. The molecule has 0 saturated carbocycles. The molecular formula is C22H25NOS2. The maximum absolute atomic E-state index is 5.93. The van der Waals surface area contributed by atoms with Gasteiger partial charge in [0.1, 0.15) is 0 Å². The van der Waals surface area contributed by atoms with Crippen molar-refractivity contribution in [3.63, 3.8) is 0 Å². The monoisotopic (exact) mass is 383 g/mol. The van der Waals surface area contributed by atoms with Gasteiger partial charge in [-0.3, -0.25) is 0 Å². The highest BCUT2D eigenvalue weighted by molar-refractivity contribution is 8.07. The highest BCUT2D eigenvalue weighted by Gasteiger charge is 2.29. The Morgan fingerprint density at radius 1 is 1.12 bits per heavy atom. The molecule has 0 aromatic carbocycles. The number of allylic oxidation sites excluding steroid dienone is 10. The average Bonchev–Trinajstić information content (AvgIpc) is 2.91. The molecule has 2 aliphatic heterocycles. The van der Waals surface area contributed by atoms with E-state index in [1.165, 1.54) is 37.0 Å². The molecule has 0 aromatic heterocycles. The Morgan fingerprint density at radius 3 is 2.88 bits per heavy atom. The zero-order chi connectivity index (χ0) is 17.9. The first-order valence-electron chi connectivity index (χ1n) is 9.20. The van der Waals surface area contributed by atoms with Crippen LogP contribution in [0.3, 0.4) is 0 Å². The van der Waals surface area contributed by atoms with Gasteiger partial charge in [0, 0.05) is 27.7 Å². The number of ether oxygens (including phenoxy) is 1. The minimum Gasteiger partial charge on any atom is -0.376 e. The second kappa shape index (κ2) is 8.22. The van der Waals surface area contributed by atoms with Crippen molar-refractivity contribution in [1.82, 2.24) is 4.90 Å². The summed E-state index contributed by atoms with van der Waals surface area (Å²) in [7, 11) is 4.21. The fourth-order valence-corrected chi connectivity index (χ4v) is 5.61. The molecule has 0 aromatic rings. The molecule has 2 aliphatic carbocycles. The van der Waals surface area contributed by atoms with Crippen LogP contribution in [-0.4, -0.2) is 38.8 Å². The molecule has 4 rings (SSSR count). The summed E-state index contributed by atoms with van der Waals surface area (Å²) in [5.74, 6) is 0. The lowest BCUT2D eigenvalue weighted by molar-refractivity contribution is 0.150. The largest absolute Gasteiger partial charge is 0.376 e. The number of nitrogens with zero attached hydrogens (tertiary/aromatic N) is 1. The van der Waals surface area contributed by atoms with Gasteiger partial charge in [0.15, 0.2) is 0 Å². The van der Waals surface area contributed by atoms with Crippen molar-refractivity contribution in [3.8, 4) is 0 Å². The molecule has 0 N–H and O–H groups in total. The molecule has 0 amide bonds. The van der Waals surface area contributed by atoms with Crippen LogP contribution >= 0.6 is 23.5 Å². The third kappa shape index (κ3) is 3.89. The molecule has 0 fully saturated rings. The van der Waals surface area contributed by atoms with Crippen molar-refractivity contribution in [3.05, 3.63) is 78.9 Å². The predicted molar refractivity (Wildman–Crippen MR) is 115 cm³/mol. The van der Waals surface area contributed by atoms with E-state index in [-0.39, 0.29) is 0 Å². The molecule has 0 radical (unpaired) electrons. The molecule has 2 heterocycles. The van der Waals surface area contributed by atoms with E-state index < -0.39 is 0 Å². The summed E-state index contributed by atoms with van der Waals surface area (Å²) in [5, 5.41) is 2.19. The minimum atomic E-state index is 0.737. The van der Waals surface area contributed by atoms with Gasteiger partial charge in [-0.05, 0) is 61.2 Å². The van der Waals surface area contributed by atoms with Crippen molar-refractivity contribution in [2.75, 3.05) is 33.9 Å². The SMILES string of the molecule is CN(C)CCCOCC1=CCC2=CC=CC3=C4SC=CC=C4CC3=C2S1. The second-order valence-electron chi connectivity index (χ2n) is 7.10. The van der Waals surface area contributed by atoms with E-state index in [1.807, 2.05) is 23.5 Å². The summed E-state index contributed by atoms with van der Waals surface area (Å²) in [6.45, 7) is 2.65. The predicted octanol–water partition coefficient (Wildman–Crippen LogP) is 5.57. The molecule has 4 aliphatic rings. The summed E-state index contributed by atoms with van der Waals surface area (Å²) in [5.41, 5.74) is 5.85. The van der Waals surface area contributed by atoms with E-state index in [0.717, 1.165) is 39.0 Å². The van der Waals surface area contributed by atoms with Crippen molar-refractivity contribution in [1.29, 1.82) is 0 Å². The first-order chi connectivity index (χ1) is 12.7. The van der Waals surface area contributed by atoms with Crippen LogP contribution in [0.4, 0.5) is 0 Å². The Morgan fingerprint density at radius 2 is 2.00 bits per heavy atom.